The molecule has 2 saturated heterocycles. The van der Waals surface area contributed by atoms with Gasteiger partial charge in [0.15, 0.2) is 0 Å². The van der Waals surface area contributed by atoms with Crippen LogP contribution in [0.3, 0.4) is 0 Å². The normalized spacial score (nSPS) is 20.2. The molecule has 0 radical (unpaired) electrons. The van der Waals surface area contributed by atoms with E-state index in [1.165, 1.54) is 0 Å². The lowest BCUT2D eigenvalue weighted by Crippen LogP contribution is -2.34. The maximum absolute atomic E-state index is 13.2. The Balaban J connectivity index is 1.44. The summed E-state index contributed by atoms with van der Waals surface area (Å²) >= 11 is 6.09. The number of aromatic nitrogens is 1. The number of likely N-dealkylation sites (tertiary alicyclic amines) is 1. The van der Waals surface area contributed by atoms with Gasteiger partial charge in [-0.25, -0.2) is 0 Å². The van der Waals surface area contributed by atoms with Gasteiger partial charge in [-0.05, 0) is 43.5 Å². The molecule has 4 rings (SSSR count). The minimum Gasteiger partial charge on any atom is -0.371 e. The number of carbonyl (C=O) groups is 2. The summed E-state index contributed by atoms with van der Waals surface area (Å²) in [4.78, 5) is 43.0. The van der Waals surface area contributed by atoms with Gasteiger partial charge in [0.1, 0.15) is 5.02 Å². The summed E-state index contributed by atoms with van der Waals surface area (Å²) in [6.45, 7) is 6.62. The molecule has 2 aromatic rings. The molecule has 164 valence electrons. The van der Waals surface area contributed by atoms with Crippen LogP contribution < -0.4 is 16.2 Å². The van der Waals surface area contributed by atoms with Crippen molar-refractivity contribution in [2.75, 3.05) is 31.1 Å². The van der Waals surface area contributed by atoms with Gasteiger partial charge in [-0.2, -0.15) is 0 Å². The van der Waals surface area contributed by atoms with E-state index >= 15 is 0 Å². The Bertz CT molecular complexity index is 1080. The number of hydrogen-bond acceptors (Lipinski definition) is 4. The maximum atomic E-state index is 13.2. The number of anilines is 1. The first-order valence-corrected chi connectivity index (χ1v) is 10.9. The molecule has 3 N–H and O–H groups in total. The lowest BCUT2D eigenvalue weighted by molar-refractivity contribution is -0.117. The first kappa shape index (κ1) is 21.4. The number of benzene rings is 1. The minimum atomic E-state index is -0.361. The number of pyridine rings is 1. The molecule has 0 aliphatic carbocycles. The Hall–Kier alpha value is -2.80. The quantitative estimate of drug-likeness (QED) is 0.741. The third-order valence-corrected chi connectivity index (χ3v) is 6.96. The van der Waals surface area contributed by atoms with E-state index in [1.807, 2.05) is 17.0 Å². The average Bonchev–Trinajstić information content (AvgIpc) is 3.30. The Kier molecular flexibility index (Phi) is 5.79. The van der Waals surface area contributed by atoms with Crippen LogP contribution >= 0.6 is 11.6 Å². The first-order chi connectivity index (χ1) is 14.7. The lowest BCUT2D eigenvalue weighted by atomic mass is 10.0. The van der Waals surface area contributed by atoms with Crippen LogP contribution in [-0.2, 0) is 11.2 Å². The zero-order chi connectivity index (χ0) is 22.3. The van der Waals surface area contributed by atoms with E-state index in [1.54, 1.807) is 13.8 Å². The van der Waals surface area contributed by atoms with Gasteiger partial charge in [-0.3, -0.25) is 14.4 Å². The highest BCUT2D eigenvalue weighted by Crippen LogP contribution is 2.35. The fraction of sp³-hybridized carbons (Fsp3) is 0.435. The largest absolute Gasteiger partial charge is 0.371 e. The van der Waals surface area contributed by atoms with Gasteiger partial charge in [0.2, 0.25) is 5.91 Å². The highest BCUT2D eigenvalue weighted by Gasteiger charge is 2.42. The molecule has 3 heterocycles. The van der Waals surface area contributed by atoms with E-state index in [4.69, 9.17) is 17.3 Å². The lowest BCUT2D eigenvalue weighted by Gasteiger charge is -2.24. The molecule has 31 heavy (non-hydrogen) atoms. The molecule has 0 bridgehead atoms. The third kappa shape index (κ3) is 4.19. The predicted molar refractivity (Wildman–Crippen MR) is 121 cm³/mol. The first-order valence-electron chi connectivity index (χ1n) is 10.5. The molecule has 1 aromatic heterocycles. The van der Waals surface area contributed by atoms with Crippen molar-refractivity contribution in [2.45, 2.75) is 26.7 Å². The van der Waals surface area contributed by atoms with Crippen LogP contribution in [0.5, 0.6) is 0 Å². The number of hydrogen-bond donors (Lipinski definition) is 2. The van der Waals surface area contributed by atoms with Crippen LogP contribution in [0.1, 0.15) is 33.6 Å². The van der Waals surface area contributed by atoms with Gasteiger partial charge >= 0.3 is 0 Å². The fourth-order valence-corrected chi connectivity index (χ4v) is 5.02. The van der Waals surface area contributed by atoms with Crippen molar-refractivity contribution in [1.29, 1.82) is 0 Å². The molecule has 2 fully saturated rings. The van der Waals surface area contributed by atoms with E-state index in [-0.39, 0.29) is 22.4 Å². The van der Waals surface area contributed by atoms with Gasteiger partial charge in [0.05, 0.1) is 5.56 Å². The van der Waals surface area contributed by atoms with Crippen molar-refractivity contribution < 1.29 is 9.59 Å². The molecular weight excluding hydrogens is 416 g/mol. The number of primary amides is 1. The Morgan fingerprint density at radius 3 is 2.48 bits per heavy atom. The van der Waals surface area contributed by atoms with E-state index < -0.39 is 0 Å². The summed E-state index contributed by atoms with van der Waals surface area (Å²) in [5.74, 6) is 0.441. The summed E-state index contributed by atoms with van der Waals surface area (Å²) in [6, 6.07) is 8.25. The van der Waals surface area contributed by atoms with Crippen LogP contribution in [0.2, 0.25) is 5.02 Å². The number of halogens is 1. The number of nitrogens with one attached hydrogen (secondary N) is 1. The minimum absolute atomic E-state index is 0.0671. The van der Waals surface area contributed by atoms with Crippen LogP contribution in [0.25, 0.3) is 0 Å². The second kappa shape index (κ2) is 8.38. The topological polar surface area (TPSA) is 99.5 Å². The molecule has 2 aliphatic rings. The van der Waals surface area contributed by atoms with E-state index in [0.717, 1.165) is 24.3 Å². The van der Waals surface area contributed by atoms with Crippen molar-refractivity contribution in [3.8, 4) is 0 Å². The van der Waals surface area contributed by atoms with Crippen LogP contribution in [0.15, 0.2) is 29.1 Å². The average molecular weight is 443 g/mol. The Morgan fingerprint density at radius 1 is 1.16 bits per heavy atom. The molecule has 2 aliphatic heterocycles. The summed E-state index contributed by atoms with van der Waals surface area (Å²) in [6.07, 6.45) is 0.992. The number of fused-ring (bicyclic) bond motifs is 1. The second-order valence-corrected chi connectivity index (χ2v) is 9.04. The smallest absolute Gasteiger partial charge is 0.267 e. The fourth-order valence-electron chi connectivity index (χ4n) is 4.87. The van der Waals surface area contributed by atoms with Gasteiger partial charge in [-0.15, -0.1) is 0 Å². The molecule has 0 spiro atoms. The predicted octanol–water partition coefficient (Wildman–Crippen LogP) is 2.27. The van der Waals surface area contributed by atoms with Gasteiger partial charge < -0.3 is 20.5 Å². The highest BCUT2D eigenvalue weighted by atomic mass is 35.5. The molecule has 1 aromatic carbocycles. The monoisotopic (exact) mass is 442 g/mol. The number of nitrogens with zero attached hydrogens (tertiary/aromatic N) is 2. The van der Waals surface area contributed by atoms with Crippen LogP contribution in [0, 0.1) is 25.7 Å². The summed E-state index contributed by atoms with van der Waals surface area (Å²) in [5, 5.41) is 0.0794. The van der Waals surface area contributed by atoms with Gasteiger partial charge in [-0.1, -0.05) is 23.7 Å². The standard InChI is InChI=1S/C23H27ClN4O3/c1-13-20(14(2)26-22(30)21(13)24)23(31)28-11-16-9-27(10-17(16)12-28)18-5-3-4-15(8-18)6-7-19(25)29/h3-5,8,16-17H,6-7,9-12H2,1-2H3,(H2,25,29)(H,26,30). The number of aryl methyl sites for hydroxylation is 2. The summed E-state index contributed by atoms with van der Waals surface area (Å²) in [5.41, 5.74) is 8.76. The van der Waals surface area contributed by atoms with Crippen molar-refractivity contribution >= 4 is 29.1 Å². The summed E-state index contributed by atoms with van der Waals surface area (Å²) < 4.78 is 0. The molecule has 0 saturated carbocycles. The van der Waals surface area contributed by atoms with Crippen molar-refractivity contribution in [3.63, 3.8) is 0 Å². The number of nitrogens with two attached hydrogens (primary N) is 1. The third-order valence-electron chi connectivity index (χ3n) is 6.50. The zero-order valence-electron chi connectivity index (χ0n) is 17.8. The SMILES string of the molecule is Cc1[nH]c(=O)c(Cl)c(C)c1C(=O)N1CC2CN(c3cccc(CCC(N)=O)c3)CC2C1. The van der Waals surface area contributed by atoms with Crippen molar-refractivity contribution in [3.05, 3.63) is 62.0 Å². The van der Waals surface area contributed by atoms with E-state index in [9.17, 15) is 14.4 Å². The van der Waals surface area contributed by atoms with E-state index in [0.29, 0.717) is 54.6 Å². The highest BCUT2D eigenvalue weighted by molar-refractivity contribution is 6.31. The molecule has 7 nitrogen and oxygen atoms in total. The Morgan fingerprint density at radius 2 is 1.84 bits per heavy atom. The van der Waals surface area contributed by atoms with Crippen molar-refractivity contribution in [1.82, 2.24) is 9.88 Å². The van der Waals surface area contributed by atoms with Gasteiger partial charge in [0, 0.05) is 55.8 Å². The molecular formula is C23H27ClN4O3. The number of aromatic amines is 1. The van der Waals surface area contributed by atoms with Gasteiger partial charge in [0.25, 0.3) is 11.5 Å². The second-order valence-electron chi connectivity index (χ2n) is 8.66. The number of H-pyrrole nitrogens is 1. The molecule has 2 unspecified atom stereocenters. The van der Waals surface area contributed by atoms with Crippen molar-refractivity contribution in [2.24, 2.45) is 17.6 Å². The van der Waals surface area contributed by atoms with E-state index in [2.05, 4.69) is 22.0 Å². The summed E-state index contributed by atoms with van der Waals surface area (Å²) in [7, 11) is 0. The molecule has 2 atom stereocenters. The maximum Gasteiger partial charge on any atom is 0.267 e. The number of amides is 2. The molecule has 8 heteroatoms. The number of carbonyl (C=O) groups excluding carboxylic acids is 2. The van der Waals surface area contributed by atoms with Crippen LogP contribution in [0.4, 0.5) is 5.69 Å². The number of rotatable bonds is 5. The zero-order valence-corrected chi connectivity index (χ0v) is 18.5. The van der Waals surface area contributed by atoms with Crippen LogP contribution in [-0.4, -0.2) is 47.9 Å². The Labute approximate surface area is 186 Å². The molecule has 2 amide bonds.